The van der Waals surface area contributed by atoms with Gasteiger partial charge < -0.3 is 10.1 Å². The van der Waals surface area contributed by atoms with E-state index in [1.54, 1.807) is 36.7 Å². The van der Waals surface area contributed by atoms with E-state index < -0.39 is 0 Å². The predicted molar refractivity (Wildman–Crippen MR) is 79.3 cm³/mol. The van der Waals surface area contributed by atoms with Crippen molar-refractivity contribution in [2.45, 2.75) is 0 Å². The van der Waals surface area contributed by atoms with Crippen molar-refractivity contribution in [2.24, 2.45) is 0 Å². The monoisotopic (exact) mass is 296 g/mol. The fourth-order valence-electron chi connectivity index (χ4n) is 2.06. The summed E-state index contributed by atoms with van der Waals surface area (Å²) < 4.78 is 6.70. The van der Waals surface area contributed by atoms with Crippen LogP contribution in [0.4, 0.5) is 5.69 Å². The number of hydrogen-bond donors (Lipinski definition) is 1. The number of methoxy groups -OCH3 is 1. The third kappa shape index (κ3) is 2.39. The number of aromatic nitrogens is 3. The van der Waals surface area contributed by atoms with E-state index in [0.717, 1.165) is 0 Å². The molecule has 110 valence electrons. The standard InChI is InChI=1S/C15H12N4O3/c1-22-13-7-10(9-20)3-4-12(13)18-15(21)11-8-17-19-6-2-5-16-14(11)19/h2-9H,1H3,(H,18,21). The largest absolute Gasteiger partial charge is 0.495 e. The molecule has 0 spiro atoms. The van der Waals surface area contributed by atoms with Crippen LogP contribution in [0.5, 0.6) is 5.75 Å². The van der Waals surface area contributed by atoms with Crippen molar-refractivity contribution in [3.05, 3.63) is 54.0 Å². The molecule has 1 aromatic carbocycles. The summed E-state index contributed by atoms with van der Waals surface area (Å²) in [6.07, 6.45) is 5.46. The fourth-order valence-corrected chi connectivity index (χ4v) is 2.06. The average Bonchev–Trinajstić information content (AvgIpc) is 2.99. The zero-order valence-electron chi connectivity index (χ0n) is 11.7. The number of amides is 1. The quantitative estimate of drug-likeness (QED) is 0.742. The van der Waals surface area contributed by atoms with Crippen LogP contribution in [0.15, 0.2) is 42.9 Å². The third-order valence-electron chi connectivity index (χ3n) is 3.13. The first kappa shape index (κ1) is 13.7. The predicted octanol–water partition coefficient (Wildman–Crippen LogP) is 1.80. The zero-order valence-corrected chi connectivity index (χ0v) is 11.7. The SMILES string of the molecule is COc1cc(C=O)ccc1NC(=O)c1cnn2cccnc12. The van der Waals surface area contributed by atoms with Gasteiger partial charge in [-0.15, -0.1) is 0 Å². The molecule has 0 fully saturated rings. The Morgan fingerprint density at radius 1 is 1.41 bits per heavy atom. The Balaban J connectivity index is 1.93. The minimum absolute atomic E-state index is 0.349. The van der Waals surface area contributed by atoms with Gasteiger partial charge in [-0.2, -0.15) is 5.10 Å². The lowest BCUT2D eigenvalue weighted by Gasteiger charge is -2.10. The van der Waals surface area contributed by atoms with Gasteiger partial charge in [-0.1, -0.05) is 0 Å². The molecule has 1 N–H and O–H groups in total. The number of hydrogen-bond acceptors (Lipinski definition) is 5. The van der Waals surface area contributed by atoms with Gasteiger partial charge in [0.05, 0.1) is 19.0 Å². The molecule has 0 saturated carbocycles. The molecule has 0 aliphatic rings. The highest BCUT2D eigenvalue weighted by Crippen LogP contribution is 2.25. The number of carbonyl (C=O) groups excluding carboxylic acids is 2. The molecule has 0 saturated heterocycles. The molecule has 0 aliphatic heterocycles. The van der Waals surface area contributed by atoms with Gasteiger partial charge in [0.1, 0.15) is 17.6 Å². The average molecular weight is 296 g/mol. The Hall–Kier alpha value is -3.22. The van der Waals surface area contributed by atoms with Crippen molar-refractivity contribution >= 4 is 23.5 Å². The number of carbonyl (C=O) groups is 2. The van der Waals surface area contributed by atoms with E-state index >= 15 is 0 Å². The molecule has 7 heteroatoms. The zero-order chi connectivity index (χ0) is 15.5. The summed E-state index contributed by atoms with van der Waals surface area (Å²) in [5, 5.41) is 6.80. The van der Waals surface area contributed by atoms with E-state index in [2.05, 4.69) is 15.4 Å². The molecule has 2 heterocycles. The van der Waals surface area contributed by atoms with Crippen LogP contribution in [0.3, 0.4) is 0 Å². The molecule has 1 amide bonds. The maximum absolute atomic E-state index is 12.4. The number of ether oxygens (including phenoxy) is 1. The van der Waals surface area contributed by atoms with Crippen LogP contribution < -0.4 is 10.1 Å². The smallest absolute Gasteiger partial charge is 0.261 e. The Labute approximate surface area is 125 Å². The Morgan fingerprint density at radius 2 is 2.27 bits per heavy atom. The summed E-state index contributed by atoms with van der Waals surface area (Å²) in [4.78, 5) is 27.3. The molecule has 0 radical (unpaired) electrons. The van der Waals surface area contributed by atoms with Gasteiger partial charge >= 0.3 is 0 Å². The lowest BCUT2D eigenvalue weighted by atomic mass is 10.2. The van der Waals surface area contributed by atoms with Crippen molar-refractivity contribution in [1.29, 1.82) is 0 Å². The third-order valence-corrected chi connectivity index (χ3v) is 3.13. The van der Waals surface area contributed by atoms with Gasteiger partial charge in [-0.25, -0.2) is 9.50 Å². The lowest BCUT2D eigenvalue weighted by molar-refractivity contribution is 0.102. The highest BCUT2D eigenvalue weighted by atomic mass is 16.5. The number of benzene rings is 1. The molecule has 0 atom stereocenters. The van der Waals surface area contributed by atoms with Gasteiger partial charge in [-0.3, -0.25) is 9.59 Å². The Kier molecular flexibility index (Phi) is 3.53. The number of anilines is 1. The van der Waals surface area contributed by atoms with Crippen LogP contribution in [0.1, 0.15) is 20.7 Å². The van der Waals surface area contributed by atoms with Crippen LogP contribution in [-0.2, 0) is 0 Å². The fraction of sp³-hybridized carbons (Fsp3) is 0.0667. The number of rotatable bonds is 4. The summed E-state index contributed by atoms with van der Waals surface area (Å²) in [6.45, 7) is 0. The summed E-state index contributed by atoms with van der Waals surface area (Å²) in [6, 6.07) is 6.49. The number of nitrogens with one attached hydrogen (secondary N) is 1. The molecule has 3 aromatic rings. The number of aldehydes is 1. The van der Waals surface area contributed by atoms with E-state index in [1.807, 2.05) is 0 Å². The van der Waals surface area contributed by atoms with Gasteiger partial charge in [0.2, 0.25) is 0 Å². The number of nitrogens with zero attached hydrogens (tertiary/aromatic N) is 3. The first-order valence-electron chi connectivity index (χ1n) is 6.46. The first-order chi connectivity index (χ1) is 10.7. The van der Waals surface area contributed by atoms with Crippen molar-refractivity contribution in [1.82, 2.24) is 14.6 Å². The first-order valence-corrected chi connectivity index (χ1v) is 6.46. The molecule has 2 aromatic heterocycles. The van der Waals surface area contributed by atoms with Crippen molar-refractivity contribution in [3.8, 4) is 5.75 Å². The van der Waals surface area contributed by atoms with E-state index in [9.17, 15) is 9.59 Å². The lowest BCUT2D eigenvalue weighted by Crippen LogP contribution is -2.13. The van der Waals surface area contributed by atoms with Gasteiger partial charge in [-0.05, 0) is 24.3 Å². The second kappa shape index (κ2) is 5.65. The summed E-state index contributed by atoms with van der Waals surface area (Å²) in [5.74, 6) is 0.0493. The Bertz CT molecular complexity index is 857. The van der Waals surface area contributed by atoms with Gasteiger partial charge in [0, 0.05) is 18.0 Å². The van der Waals surface area contributed by atoms with E-state index in [-0.39, 0.29) is 5.91 Å². The topological polar surface area (TPSA) is 85.6 Å². The van der Waals surface area contributed by atoms with Crippen molar-refractivity contribution < 1.29 is 14.3 Å². The summed E-state index contributed by atoms with van der Waals surface area (Å²) in [5.41, 5.74) is 1.74. The molecule has 0 bridgehead atoms. The Morgan fingerprint density at radius 3 is 3.05 bits per heavy atom. The minimum atomic E-state index is -0.356. The van der Waals surface area contributed by atoms with E-state index in [1.165, 1.54) is 17.8 Å². The molecule has 3 rings (SSSR count). The summed E-state index contributed by atoms with van der Waals surface area (Å²) in [7, 11) is 1.47. The van der Waals surface area contributed by atoms with Crippen molar-refractivity contribution in [3.63, 3.8) is 0 Å². The molecule has 22 heavy (non-hydrogen) atoms. The van der Waals surface area contributed by atoms with Crippen LogP contribution in [0, 0.1) is 0 Å². The van der Waals surface area contributed by atoms with Crippen LogP contribution in [0.2, 0.25) is 0 Å². The van der Waals surface area contributed by atoms with Crippen molar-refractivity contribution in [2.75, 3.05) is 12.4 Å². The van der Waals surface area contributed by atoms with E-state index in [0.29, 0.717) is 34.5 Å². The molecular weight excluding hydrogens is 284 g/mol. The highest BCUT2D eigenvalue weighted by molar-refractivity contribution is 6.08. The second-order valence-corrected chi connectivity index (χ2v) is 4.48. The molecule has 7 nitrogen and oxygen atoms in total. The van der Waals surface area contributed by atoms with Gasteiger partial charge in [0.15, 0.2) is 5.65 Å². The van der Waals surface area contributed by atoms with E-state index in [4.69, 9.17) is 4.74 Å². The molecule has 0 unspecified atom stereocenters. The second-order valence-electron chi connectivity index (χ2n) is 4.48. The maximum Gasteiger partial charge on any atom is 0.261 e. The van der Waals surface area contributed by atoms with Crippen LogP contribution in [0.25, 0.3) is 5.65 Å². The number of fused-ring (bicyclic) bond motifs is 1. The highest BCUT2D eigenvalue weighted by Gasteiger charge is 2.15. The normalized spacial score (nSPS) is 10.4. The summed E-state index contributed by atoms with van der Waals surface area (Å²) >= 11 is 0. The van der Waals surface area contributed by atoms with Crippen LogP contribution >= 0.6 is 0 Å². The molecule has 0 aliphatic carbocycles. The molecular formula is C15H12N4O3. The maximum atomic E-state index is 12.4. The van der Waals surface area contributed by atoms with Crippen LogP contribution in [-0.4, -0.2) is 33.9 Å². The minimum Gasteiger partial charge on any atom is -0.495 e. The van der Waals surface area contributed by atoms with Gasteiger partial charge in [0.25, 0.3) is 5.91 Å².